The Hall–Kier alpha value is -0.780. The highest BCUT2D eigenvalue weighted by molar-refractivity contribution is 9.10. The summed E-state index contributed by atoms with van der Waals surface area (Å²) in [5, 5.41) is 12.3. The quantitative estimate of drug-likeness (QED) is 0.887. The first-order valence-corrected chi connectivity index (χ1v) is 6.77. The van der Waals surface area contributed by atoms with E-state index in [1.165, 1.54) is 0 Å². The first-order chi connectivity index (χ1) is 8.54. The fourth-order valence-corrected chi connectivity index (χ4v) is 2.44. The van der Waals surface area contributed by atoms with E-state index < -0.39 is 0 Å². The largest absolute Gasteiger partial charge is 0.482 e. The highest BCUT2D eigenvalue weighted by atomic mass is 79.9. The summed E-state index contributed by atoms with van der Waals surface area (Å²) in [5.41, 5.74) is 0. The minimum absolute atomic E-state index is 0.0662. The molecule has 0 bridgehead atoms. The Morgan fingerprint density at radius 3 is 2.89 bits per heavy atom. The number of benzene rings is 1. The van der Waals surface area contributed by atoms with Gasteiger partial charge < -0.3 is 15.2 Å². The van der Waals surface area contributed by atoms with E-state index in [4.69, 9.17) is 21.4 Å². The van der Waals surface area contributed by atoms with Crippen molar-refractivity contribution in [2.24, 2.45) is 0 Å². The van der Waals surface area contributed by atoms with E-state index in [0.717, 1.165) is 4.47 Å². The molecule has 2 rings (SSSR count). The van der Waals surface area contributed by atoms with Crippen molar-refractivity contribution in [2.45, 2.75) is 25.0 Å². The molecule has 1 aromatic rings. The first-order valence-electron chi connectivity index (χ1n) is 5.60. The van der Waals surface area contributed by atoms with E-state index in [1.54, 1.807) is 18.2 Å². The normalized spacial score (nSPS) is 22.2. The highest BCUT2D eigenvalue weighted by Gasteiger charge is 2.28. The lowest BCUT2D eigenvalue weighted by molar-refractivity contribution is -0.125. The molecule has 1 fully saturated rings. The molecular formula is C12H13BrClNO3. The Balaban J connectivity index is 1.78. The van der Waals surface area contributed by atoms with Crippen LogP contribution in [0.15, 0.2) is 22.7 Å². The summed E-state index contributed by atoms with van der Waals surface area (Å²) in [5.74, 6) is 0.273. The summed E-state index contributed by atoms with van der Waals surface area (Å²) in [6.45, 7) is -0.0754. The lowest BCUT2D eigenvalue weighted by atomic mass is 9.89. The number of hydrogen-bond donors (Lipinski definition) is 2. The Morgan fingerprint density at radius 1 is 1.56 bits per heavy atom. The van der Waals surface area contributed by atoms with Gasteiger partial charge in [0.25, 0.3) is 5.91 Å². The topological polar surface area (TPSA) is 58.6 Å². The number of amides is 1. The summed E-state index contributed by atoms with van der Waals surface area (Å²) < 4.78 is 6.18. The van der Waals surface area contributed by atoms with Crippen molar-refractivity contribution >= 4 is 33.4 Å². The van der Waals surface area contributed by atoms with Crippen molar-refractivity contribution < 1.29 is 14.6 Å². The van der Waals surface area contributed by atoms with E-state index in [1.807, 2.05) is 0 Å². The van der Waals surface area contributed by atoms with E-state index in [-0.39, 0.29) is 24.7 Å². The van der Waals surface area contributed by atoms with Gasteiger partial charge in [-0.15, -0.1) is 0 Å². The van der Waals surface area contributed by atoms with Gasteiger partial charge in [0.05, 0.1) is 11.1 Å². The van der Waals surface area contributed by atoms with Crippen LogP contribution in [0.4, 0.5) is 0 Å². The molecule has 6 heteroatoms. The number of carbonyl (C=O) groups is 1. The predicted octanol–water partition coefficient (Wildman–Crippen LogP) is 2.12. The van der Waals surface area contributed by atoms with E-state index >= 15 is 0 Å². The van der Waals surface area contributed by atoms with E-state index in [2.05, 4.69) is 21.2 Å². The average Bonchev–Trinajstić information content (AvgIpc) is 2.26. The Labute approximate surface area is 118 Å². The number of hydrogen-bond acceptors (Lipinski definition) is 3. The molecule has 1 aromatic carbocycles. The number of carbonyl (C=O) groups excluding carboxylic acids is 1. The van der Waals surface area contributed by atoms with Gasteiger partial charge in [-0.2, -0.15) is 0 Å². The third-order valence-electron chi connectivity index (χ3n) is 2.73. The Morgan fingerprint density at radius 2 is 2.28 bits per heavy atom. The molecule has 1 saturated carbocycles. The van der Waals surface area contributed by atoms with Gasteiger partial charge in [-0.1, -0.05) is 27.5 Å². The molecule has 0 aromatic heterocycles. The summed E-state index contributed by atoms with van der Waals surface area (Å²) in [4.78, 5) is 11.5. The van der Waals surface area contributed by atoms with Gasteiger partial charge in [0.2, 0.25) is 0 Å². The maximum Gasteiger partial charge on any atom is 0.258 e. The molecule has 0 atom stereocenters. The van der Waals surface area contributed by atoms with Crippen LogP contribution in [0, 0.1) is 0 Å². The third kappa shape index (κ3) is 3.60. The predicted molar refractivity (Wildman–Crippen MR) is 71.8 cm³/mol. The summed E-state index contributed by atoms with van der Waals surface area (Å²) in [7, 11) is 0. The lowest BCUT2D eigenvalue weighted by Gasteiger charge is -2.31. The Kier molecular flexibility index (Phi) is 4.48. The summed E-state index contributed by atoms with van der Waals surface area (Å²) in [6.07, 6.45) is 0.951. The molecule has 18 heavy (non-hydrogen) atoms. The second-order valence-electron chi connectivity index (χ2n) is 4.25. The smallest absolute Gasteiger partial charge is 0.258 e. The fraction of sp³-hybridized carbons (Fsp3) is 0.417. The van der Waals surface area contributed by atoms with Crippen LogP contribution < -0.4 is 10.1 Å². The van der Waals surface area contributed by atoms with Crippen LogP contribution in [0.5, 0.6) is 5.75 Å². The van der Waals surface area contributed by atoms with Crippen molar-refractivity contribution in [3.63, 3.8) is 0 Å². The van der Waals surface area contributed by atoms with Crippen LogP contribution in [-0.4, -0.2) is 29.8 Å². The average molecular weight is 335 g/mol. The second kappa shape index (κ2) is 5.91. The maximum atomic E-state index is 11.5. The molecule has 0 heterocycles. The second-order valence-corrected chi connectivity index (χ2v) is 5.58. The van der Waals surface area contributed by atoms with Gasteiger partial charge in [-0.3, -0.25) is 4.79 Å². The van der Waals surface area contributed by atoms with Crippen LogP contribution in [-0.2, 0) is 4.79 Å². The van der Waals surface area contributed by atoms with Crippen molar-refractivity contribution in [3.05, 3.63) is 27.7 Å². The molecule has 1 amide bonds. The number of halogens is 2. The van der Waals surface area contributed by atoms with Gasteiger partial charge >= 0.3 is 0 Å². The molecule has 0 aliphatic heterocycles. The van der Waals surface area contributed by atoms with Gasteiger partial charge in [0, 0.05) is 10.5 Å². The van der Waals surface area contributed by atoms with E-state index in [9.17, 15) is 4.79 Å². The van der Waals surface area contributed by atoms with Crippen molar-refractivity contribution in [3.8, 4) is 5.75 Å². The van der Waals surface area contributed by atoms with Crippen molar-refractivity contribution in [1.29, 1.82) is 0 Å². The zero-order valence-corrected chi connectivity index (χ0v) is 11.9. The lowest BCUT2D eigenvalue weighted by Crippen LogP contribution is -2.48. The van der Waals surface area contributed by atoms with Gasteiger partial charge in [0.15, 0.2) is 6.61 Å². The van der Waals surface area contributed by atoms with Crippen LogP contribution in [0.2, 0.25) is 5.02 Å². The number of nitrogens with one attached hydrogen (secondary N) is 1. The monoisotopic (exact) mass is 333 g/mol. The van der Waals surface area contributed by atoms with Crippen LogP contribution >= 0.6 is 27.5 Å². The minimum Gasteiger partial charge on any atom is -0.482 e. The molecule has 0 spiro atoms. The number of ether oxygens (including phenoxy) is 1. The molecule has 0 unspecified atom stereocenters. The third-order valence-corrected chi connectivity index (χ3v) is 3.52. The van der Waals surface area contributed by atoms with Crippen molar-refractivity contribution in [1.82, 2.24) is 5.32 Å². The van der Waals surface area contributed by atoms with Crippen molar-refractivity contribution in [2.75, 3.05) is 6.61 Å². The molecule has 0 radical (unpaired) electrons. The zero-order valence-electron chi connectivity index (χ0n) is 9.53. The number of rotatable bonds is 4. The molecule has 1 aliphatic rings. The van der Waals surface area contributed by atoms with Gasteiger partial charge in [0.1, 0.15) is 5.75 Å². The molecule has 1 aliphatic carbocycles. The zero-order chi connectivity index (χ0) is 13.1. The Bertz CT molecular complexity index is 449. The van der Waals surface area contributed by atoms with Crippen LogP contribution in [0.1, 0.15) is 12.8 Å². The molecule has 98 valence electrons. The molecular weight excluding hydrogens is 321 g/mol. The highest BCUT2D eigenvalue weighted by Crippen LogP contribution is 2.27. The number of aliphatic hydroxyl groups excluding tert-OH is 1. The molecule has 0 saturated heterocycles. The summed E-state index contributed by atoms with van der Waals surface area (Å²) in [6, 6.07) is 5.27. The summed E-state index contributed by atoms with van der Waals surface area (Å²) >= 11 is 9.25. The van der Waals surface area contributed by atoms with Gasteiger partial charge in [-0.25, -0.2) is 0 Å². The maximum absolute atomic E-state index is 11.5. The molecule has 4 nitrogen and oxygen atoms in total. The van der Waals surface area contributed by atoms with Gasteiger partial charge in [-0.05, 0) is 31.0 Å². The first kappa shape index (κ1) is 13.6. The SMILES string of the molecule is O=C(COc1ccc(Br)cc1Cl)NC1CC(O)C1. The number of aliphatic hydroxyl groups is 1. The standard InChI is InChI=1S/C12H13BrClNO3/c13-7-1-2-11(10(14)3-7)18-6-12(17)15-8-4-9(16)5-8/h1-3,8-9,16H,4-6H2,(H,15,17). The fourth-order valence-electron chi connectivity index (χ4n) is 1.71. The van der Waals surface area contributed by atoms with Crippen LogP contribution in [0.3, 0.4) is 0 Å². The minimum atomic E-state index is -0.280. The van der Waals surface area contributed by atoms with Crippen LogP contribution in [0.25, 0.3) is 0 Å². The van der Waals surface area contributed by atoms with E-state index in [0.29, 0.717) is 23.6 Å². The molecule has 2 N–H and O–H groups in total.